The molecule has 2 aromatic rings. The summed E-state index contributed by atoms with van der Waals surface area (Å²) in [5.41, 5.74) is 1.37. The number of dihydropyridines is 1. The third-order valence-electron chi connectivity index (χ3n) is 6.97. The Labute approximate surface area is 253 Å². The summed E-state index contributed by atoms with van der Waals surface area (Å²) >= 11 is 6.09. The Morgan fingerprint density at radius 3 is 2.48 bits per heavy atom. The van der Waals surface area contributed by atoms with Crippen LogP contribution in [0, 0.1) is 11.2 Å². The molecule has 0 saturated heterocycles. The molecule has 0 fully saturated rings. The van der Waals surface area contributed by atoms with Gasteiger partial charge >= 0.3 is 5.97 Å². The van der Waals surface area contributed by atoms with Crippen LogP contribution in [0.1, 0.15) is 25.3 Å². The maximum atomic E-state index is 14.5. The zero-order valence-corrected chi connectivity index (χ0v) is 24.9. The van der Waals surface area contributed by atoms with Gasteiger partial charge < -0.3 is 10.1 Å². The molecule has 1 heterocycles. The van der Waals surface area contributed by atoms with Gasteiger partial charge in [-0.2, -0.15) is 0 Å². The molecule has 1 amide bonds. The molecule has 6 nitrogen and oxygen atoms in total. The normalized spacial score (nSPS) is 14.8. The molecule has 0 aromatic heterocycles. The molecule has 222 valence electrons. The van der Waals surface area contributed by atoms with E-state index in [2.05, 4.69) is 34.9 Å². The summed E-state index contributed by atoms with van der Waals surface area (Å²) < 4.78 is 20.0. The number of ether oxygens (including phenoxy) is 1. The minimum atomic E-state index is -0.985. The molecule has 0 spiro atoms. The molecule has 0 aliphatic carbocycles. The Kier molecular flexibility index (Phi) is 12.5. The molecule has 0 unspecified atom stereocenters. The van der Waals surface area contributed by atoms with Crippen LogP contribution in [-0.4, -0.2) is 61.3 Å². The predicted molar refractivity (Wildman–Crippen MR) is 169 cm³/mol. The minimum Gasteiger partial charge on any atom is -0.461 e. The van der Waals surface area contributed by atoms with Crippen molar-refractivity contribution in [3.05, 3.63) is 109 Å². The molecule has 0 radical (unpaired) electrons. The van der Waals surface area contributed by atoms with Crippen molar-refractivity contribution >= 4 is 29.2 Å². The number of carbonyl (C=O) groups is 2. The van der Waals surface area contributed by atoms with Crippen LogP contribution in [0.3, 0.4) is 0 Å². The van der Waals surface area contributed by atoms with Crippen LogP contribution >= 0.6 is 11.6 Å². The van der Waals surface area contributed by atoms with Crippen molar-refractivity contribution in [2.75, 3.05) is 32.8 Å². The maximum absolute atomic E-state index is 14.5. The lowest BCUT2D eigenvalue weighted by atomic mass is 9.81. The first-order chi connectivity index (χ1) is 20.2. The minimum absolute atomic E-state index is 0.0808. The topological polar surface area (TPSA) is 71.0 Å². The number of esters is 1. The van der Waals surface area contributed by atoms with Crippen LogP contribution < -0.4 is 5.32 Å². The average Bonchev–Trinajstić information content (AvgIpc) is 2.98. The van der Waals surface area contributed by atoms with Gasteiger partial charge in [0, 0.05) is 42.8 Å². The fourth-order valence-corrected chi connectivity index (χ4v) is 5.21. The van der Waals surface area contributed by atoms with Crippen molar-refractivity contribution in [3.8, 4) is 11.1 Å². The molecule has 1 aliphatic rings. The molecule has 0 saturated carbocycles. The second kappa shape index (κ2) is 16.0. The highest BCUT2D eigenvalue weighted by atomic mass is 35.5. The van der Waals surface area contributed by atoms with E-state index in [1.54, 1.807) is 24.3 Å². The second-order valence-corrected chi connectivity index (χ2v) is 11.0. The Hall–Kier alpha value is -3.81. The number of amides is 1. The van der Waals surface area contributed by atoms with Crippen LogP contribution in [0.4, 0.5) is 4.39 Å². The van der Waals surface area contributed by atoms with E-state index in [9.17, 15) is 14.0 Å². The van der Waals surface area contributed by atoms with E-state index in [-0.39, 0.29) is 24.3 Å². The summed E-state index contributed by atoms with van der Waals surface area (Å²) in [4.78, 5) is 33.1. The average molecular weight is 592 g/mol. The molecular formula is C34H39ClFN3O3. The van der Waals surface area contributed by atoms with E-state index >= 15 is 0 Å². The molecule has 1 N–H and O–H groups in total. The van der Waals surface area contributed by atoms with Crippen molar-refractivity contribution in [1.29, 1.82) is 0 Å². The van der Waals surface area contributed by atoms with Crippen molar-refractivity contribution < 1.29 is 18.7 Å². The lowest BCUT2D eigenvalue weighted by molar-refractivity contribution is -0.155. The molecule has 0 bridgehead atoms. The highest BCUT2D eigenvalue weighted by Gasteiger charge is 2.39. The zero-order valence-electron chi connectivity index (χ0n) is 24.2. The number of benzene rings is 2. The van der Waals surface area contributed by atoms with Gasteiger partial charge in [-0.05, 0) is 61.6 Å². The van der Waals surface area contributed by atoms with Crippen LogP contribution in [-0.2, 0) is 20.7 Å². The fourth-order valence-electron chi connectivity index (χ4n) is 5.04. The third-order valence-corrected chi connectivity index (χ3v) is 7.20. The van der Waals surface area contributed by atoms with E-state index in [0.717, 1.165) is 12.0 Å². The number of carbonyl (C=O) groups excluding carboxylic acids is 2. The van der Waals surface area contributed by atoms with Crippen LogP contribution in [0.25, 0.3) is 11.1 Å². The highest BCUT2D eigenvalue weighted by molar-refractivity contribution is 6.43. The first-order valence-corrected chi connectivity index (χ1v) is 14.4. The SMILES string of the molecule is C=CCOC(=O)[C@@](C)(C[C@@H](Cc1ccc(-c2cc(Cl)ccc2F)cc1)NC(=O)C1=NCCC=C1)CN(CC=C)CC=C. The summed E-state index contributed by atoms with van der Waals surface area (Å²) in [7, 11) is 0. The first kappa shape index (κ1) is 32.7. The van der Waals surface area contributed by atoms with E-state index in [1.807, 2.05) is 37.3 Å². The zero-order chi connectivity index (χ0) is 30.5. The highest BCUT2D eigenvalue weighted by Crippen LogP contribution is 2.30. The monoisotopic (exact) mass is 591 g/mol. The number of aliphatic imine (C=N–C) groups is 1. The van der Waals surface area contributed by atoms with Crippen molar-refractivity contribution in [3.63, 3.8) is 0 Å². The standard InChI is InChI=1S/C34H39ClFN3O3/c1-5-18-39(19-6-2)24-34(4,33(41)42-20-7-3)23-28(38-32(40)31-10-8-9-17-37-31)21-25-11-13-26(14-12-25)29-22-27(35)15-16-30(29)36/h5-8,10-16,22,28H,1-3,9,17-21,23-24H2,4H3,(H,38,40)/t28-,34+/m1/s1. The largest absolute Gasteiger partial charge is 0.461 e. The predicted octanol–water partition coefficient (Wildman–Crippen LogP) is 6.37. The Morgan fingerprint density at radius 2 is 1.86 bits per heavy atom. The van der Waals surface area contributed by atoms with E-state index in [4.69, 9.17) is 16.3 Å². The Bertz CT molecular complexity index is 1330. The smallest absolute Gasteiger partial charge is 0.313 e. The van der Waals surface area contributed by atoms with Crippen molar-refractivity contribution in [2.24, 2.45) is 10.4 Å². The lowest BCUT2D eigenvalue weighted by Crippen LogP contribution is -2.49. The molecular weight excluding hydrogens is 553 g/mol. The van der Waals surface area contributed by atoms with Gasteiger partial charge in [-0.3, -0.25) is 19.5 Å². The third kappa shape index (κ3) is 9.36. The first-order valence-electron chi connectivity index (χ1n) is 14.0. The summed E-state index contributed by atoms with van der Waals surface area (Å²) in [5.74, 6) is -1.05. The van der Waals surface area contributed by atoms with Gasteiger partial charge in [-0.15, -0.1) is 13.2 Å². The number of nitrogens with one attached hydrogen (secondary N) is 1. The summed E-state index contributed by atoms with van der Waals surface area (Å²) in [6.45, 7) is 15.3. The van der Waals surface area contributed by atoms with Gasteiger partial charge in [0.2, 0.25) is 0 Å². The van der Waals surface area contributed by atoms with Gasteiger partial charge in [-0.1, -0.05) is 66.7 Å². The quantitative estimate of drug-likeness (QED) is 0.182. The van der Waals surface area contributed by atoms with E-state index < -0.39 is 11.5 Å². The summed E-state index contributed by atoms with van der Waals surface area (Å²) in [6, 6.07) is 11.4. The van der Waals surface area contributed by atoms with Crippen LogP contribution in [0.2, 0.25) is 5.02 Å². The van der Waals surface area contributed by atoms with Crippen molar-refractivity contribution in [2.45, 2.75) is 32.2 Å². The molecule has 1 aliphatic heterocycles. The number of rotatable bonds is 16. The van der Waals surface area contributed by atoms with E-state index in [0.29, 0.717) is 60.9 Å². The van der Waals surface area contributed by atoms with Gasteiger partial charge in [0.15, 0.2) is 0 Å². The Morgan fingerprint density at radius 1 is 1.14 bits per heavy atom. The van der Waals surface area contributed by atoms with Gasteiger partial charge in [0.05, 0.1) is 5.41 Å². The van der Waals surface area contributed by atoms with E-state index in [1.165, 1.54) is 18.2 Å². The molecule has 2 aromatic carbocycles. The van der Waals surface area contributed by atoms with Gasteiger partial charge in [0.25, 0.3) is 5.91 Å². The molecule has 42 heavy (non-hydrogen) atoms. The molecule has 8 heteroatoms. The molecule has 3 rings (SSSR count). The van der Waals surface area contributed by atoms with Crippen molar-refractivity contribution in [1.82, 2.24) is 10.2 Å². The lowest BCUT2D eigenvalue weighted by Gasteiger charge is -2.36. The van der Waals surface area contributed by atoms with Gasteiger partial charge in [0.1, 0.15) is 18.1 Å². The Balaban J connectivity index is 1.92. The number of nitrogens with zero attached hydrogens (tertiary/aromatic N) is 2. The summed E-state index contributed by atoms with van der Waals surface area (Å²) in [6.07, 6.45) is 10.2. The number of hydrogen-bond donors (Lipinski definition) is 1. The van der Waals surface area contributed by atoms with Gasteiger partial charge in [-0.25, -0.2) is 4.39 Å². The number of halogens is 2. The number of hydrogen-bond acceptors (Lipinski definition) is 5. The maximum Gasteiger partial charge on any atom is 0.313 e. The van der Waals surface area contributed by atoms with Crippen LogP contribution in [0.5, 0.6) is 0 Å². The fraction of sp³-hybridized carbons (Fsp3) is 0.324. The summed E-state index contributed by atoms with van der Waals surface area (Å²) in [5, 5.41) is 3.56. The second-order valence-electron chi connectivity index (χ2n) is 10.6. The molecule has 2 atom stereocenters. The van der Waals surface area contributed by atoms with Crippen LogP contribution in [0.15, 0.2) is 97.6 Å².